The number of aryl methyl sites for hydroxylation is 1. The molecule has 5 rings (SSSR count). The molecule has 0 radical (unpaired) electrons. The Morgan fingerprint density at radius 3 is 2.51 bits per heavy atom. The third kappa shape index (κ3) is 4.75. The van der Waals surface area contributed by atoms with Crippen molar-refractivity contribution in [1.29, 1.82) is 5.26 Å². The number of nitrogens with zero attached hydrogens (tertiary/aromatic N) is 2. The maximum atomic E-state index is 13.3. The molecule has 1 aromatic heterocycles. The molecule has 0 fully saturated rings. The number of anilines is 1. The largest absolute Gasteiger partial charge is 0.452 e. The van der Waals surface area contributed by atoms with Crippen LogP contribution in [-0.2, 0) is 22.4 Å². The van der Waals surface area contributed by atoms with Gasteiger partial charge in [-0.1, -0.05) is 48.5 Å². The molecule has 1 unspecified atom stereocenters. The number of nitriles is 1. The molecule has 172 valence electrons. The van der Waals surface area contributed by atoms with Crippen LogP contribution in [0.3, 0.4) is 0 Å². The molecule has 1 aliphatic rings. The highest BCUT2D eigenvalue weighted by atomic mass is 16.5. The van der Waals surface area contributed by atoms with E-state index >= 15 is 0 Å². The van der Waals surface area contributed by atoms with E-state index in [-0.39, 0.29) is 5.92 Å². The van der Waals surface area contributed by atoms with Gasteiger partial charge in [0.25, 0.3) is 5.91 Å². The van der Waals surface area contributed by atoms with Crippen LogP contribution in [0.1, 0.15) is 45.1 Å². The second-order valence-electron chi connectivity index (χ2n) is 8.59. The number of carbonyl (C=O) groups is 2. The first-order valence-electron chi connectivity index (χ1n) is 11.5. The summed E-state index contributed by atoms with van der Waals surface area (Å²) in [5.74, 6) is -0.682. The van der Waals surface area contributed by atoms with Gasteiger partial charge >= 0.3 is 5.97 Å². The molecule has 0 spiro atoms. The zero-order valence-corrected chi connectivity index (χ0v) is 19.0. The molecular formula is C29H23N3O3. The van der Waals surface area contributed by atoms with Crippen molar-refractivity contribution in [2.75, 3.05) is 11.9 Å². The lowest BCUT2D eigenvalue weighted by Gasteiger charge is -2.26. The van der Waals surface area contributed by atoms with Gasteiger partial charge in [-0.05, 0) is 66.6 Å². The van der Waals surface area contributed by atoms with Crippen LogP contribution >= 0.6 is 0 Å². The highest BCUT2D eigenvalue weighted by molar-refractivity contribution is 6.06. The number of para-hydroxylation sites is 1. The van der Waals surface area contributed by atoms with E-state index in [0.717, 1.165) is 35.0 Å². The Bertz CT molecular complexity index is 1440. The highest BCUT2D eigenvalue weighted by Crippen LogP contribution is 2.36. The van der Waals surface area contributed by atoms with E-state index in [1.54, 1.807) is 24.3 Å². The lowest BCUT2D eigenvalue weighted by atomic mass is 9.80. The minimum absolute atomic E-state index is 0.290. The van der Waals surface area contributed by atoms with Crippen LogP contribution in [0.4, 0.5) is 5.69 Å². The summed E-state index contributed by atoms with van der Waals surface area (Å²) in [5.41, 5.74) is 5.34. The van der Waals surface area contributed by atoms with E-state index in [4.69, 9.17) is 15.0 Å². The van der Waals surface area contributed by atoms with Crippen molar-refractivity contribution in [1.82, 2.24) is 4.98 Å². The van der Waals surface area contributed by atoms with Crippen molar-refractivity contribution in [3.63, 3.8) is 0 Å². The third-order valence-electron chi connectivity index (χ3n) is 6.37. The van der Waals surface area contributed by atoms with E-state index in [1.807, 2.05) is 48.5 Å². The molecule has 1 amide bonds. The fourth-order valence-corrected chi connectivity index (χ4v) is 4.66. The van der Waals surface area contributed by atoms with Gasteiger partial charge in [-0.3, -0.25) is 9.78 Å². The van der Waals surface area contributed by atoms with Crippen molar-refractivity contribution in [3.8, 4) is 6.07 Å². The van der Waals surface area contributed by atoms with Crippen LogP contribution in [0.25, 0.3) is 10.9 Å². The SMILES string of the molecule is N#Cc1ccc(NC(=O)COC(=O)c2c3c(nc4ccccc24)CCC(c2ccccc2)C3)cc1. The van der Waals surface area contributed by atoms with Gasteiger partial charge in [0.05, 0.1) is 22.7 Å². The minimum atomic E-state index is -0.524. The zero-order valence-electron chi connectivity index (χ0n) is 19.0. The first-order valence-corrected chi connectivity index (χ1v) is 11.5. The summed E-state index contributed by atoms with van der Waals surface area (Å²) in [7, 11) is 0. The van der Waals surface area contributed by atoms with Crippen molar-refractivity contribution in [2.45, 2.75) is 25.2 Å². The first kappa shape index (κ1) is 22.3. The fraction of sp³-hybridized carbons (Fsp3) is 0.172. The Morgan fingerprint density at radius 1 is 1.00 bits per heavy atom. The average molecular weight is 462 g/mol. The summed E-state index contributed by atoms with van der Waals surface area (Å²) in [6.45, 7) is -0.410. The summed E-state index contributed by atoms with van der Waals surface area (Å²) in [6, 6.07) is 26.4. The molecule has 1 heterocycles. The summed E-state index contributed by atoms with van der Waals surface area (Å²) in [6.07, 6.45) is 2.43. The zero-order chi connectivity index (χ0) is 24.2. The molecule has 0 bridgehead atoms. The number of ether oxygens (including phenoxy) is 1. The van der Waals surface area contributed by atoms with Crippen molar-refractivity contribution >= 4 is 28.5 Å². The maximum absolute atomic E-state index is 13.3. The van der Waals surface area contributed by atoms with Crippen LogP contribution < -0.4 is 5.32 Å². The van der Waals surface area contributed by atoms with E-state index < -0.39 is 18.5 Å². The number of amides is 1. The number of hydrogen-bond acceptors (Lipinski definition) is 5. The molecule has 0 aliphatic heterocycles. The molecule has 0 saturated carbocycles. The fourth-order valence-electron chi connectivity index (χ4n) is 4.66. The van der Waals surface area contributed by atoms with Crippen LogP contribution in [0, 0.1) is 11.3 Å². The normalized spacial score (nSPS) is 14.5. The number of rotatable bonds is 5. The van der Waals surface area contributed by atoms with Gasteiger partial charge in [0.15, 0.2) is 6.61 Å². The van der Waals surface area contributed by atoms with Crippen LogP contribution in [0.5, 0.6) is 0 Å². The lowest BCUT2D eigenvalue weighted by Crippen LogP contribution is -2.23. The lowest BCUT2D eigenvalue weighted by molar-refractivity contribution is -0.119. The number of benzene rings is 3. The molecule has 6 nitrogen and oxygen atoms in total. The molecule has 0 saturated heterocycles. The van der Waals surface area contributed by atoms with Crippen LogP contribution in [0.15, 0.2) is 78.9 Å². The number of carbonyl (C=O) groups excluding carboxylic acids is 2. The maximum Gasteiger partial charge on any atom is 0.339 e. The monoisotopic (exact) mass is 461 g/mol. The summed E-state index contributed by atoms with van der Waals surface area (Å²) in [4.78, 5) is 30.6. The number of fused-ring (bicyclic) bond motifs is 2. The van der Waals surface area contributed by atoms with E-state index in [1.165, 1.54) is 5.56 Å². The predicted octanol–water partition coefficient (Wildman–Crippen LogP) is 5.17. The molecule has 1 N–H and O–H groups in total. The number of hydrogen-bond donors (Lipinski definition) is 1. The summed E-state index contributed by atoms with van der Waals surface area (Å²) < 4.78 is 5.49. The van der Waals surface area contributed by atoms with Gasteiger partial charge < -0.3 is 10.1 Å². The highest BCUT2D eigenvalue weighted by Gasteiger charge is 2.28. The van der Waals surface area contributed by atoms with Gasteiger partial charge in [-0.25, -0.2) is 4.79 Å². The first-order chi connectivity index (χ1) is 17.1. The molecule has 4 aromatic rings. The second kappa shape index (κ2) is 9.78. The molecule has 1 aliphatic carbocycles. The Morgan fingerprint density at radius 2 is 1.74 bits per heavy atom. The van der Waals surface area contributed by atoms with Gasteiger partial charge in [-0.2, -0.15) is 5.26 Å². The number of esters is 1. The van der Waals surface area contributed by atoms with Crippen molar-refractivity contribution < 1.29 is 14.3 Å². The Hall–Kier alpha value is -4.50. The van der Waals surface area contributed by atoms with Crippen LogP contribution in [0.2, 0.25) is 0 Å². The van der Waals surface area contributed by atoms with Gasteiger partial charge in [0.1, 0.15) is 0 Å². The standard InChI is InChI=1S/C29H23N3O3/c30-17-19-10-13-22(14-11-19)31-27(33)18-35-29(34)28-23-8-4-5-9-25(23)32-26-15-12-21(16-24(26)28)20-6-2-1-3-7-20/h1-11,13-14,21H,12,15-16,18H2,(H,31,33). The number of nitrogens with one attached hydrogen (secondary N) is 1. The molecular weight excluding hydrogens is 438 g/mol. The third-order valence-corrected chi connectivity index (χ3v) is 6.37. The predicted molar refractivity (Wildman–Crippen MR) is 133 cm³/mol. The average Bonchev–Trinajstić information content (AvgIpc) is 2.91. The van der Waals surface area contributed by atoms with Gasteiger partial charge in [0.2, 0.25) is 0 Å². The van der Waals surface area contributed by atoms with E-state index in [9.17, 15) is 9.59 Å². The quantitative estimate of drug-likeness (QED) is 0.414. The Kier molecular flexibility index (Phi) is 6.23. The Balaban J connectivity index is 1.39. The minimum Gasteiger partial charge on any atom is -0.452 e. The topological polar surface area (TPSA) is 92.1 Å². The van der Waals surface area contributed by atoms with Crippen molar-refractivity contribution in [3.05, 3.63) is 107 Å². The smallest absolute Gasteiger partial charge is 0.339 e. The molecule has 6 heteroatoms. The van der Waals surface area contributed by atoms with Crippen molar-refractivity contribution in [2.24, 2.45) is 0 Å². The number of aromatic nitrogens is 1. The summed E-state index contributed by atoms with van der Waals surface area (Å²) in [5, 5.41) is 12.3. The van der Waals surface area contributed by atoms with E-state index in [0.29, 0.717) is 23.2 Å². The molecule has 3 aromatic carbocycles. The van der Waals surface area contributed by atoms with Crippen LogP contribution in [-0.4, -0.2) is 23.5 Å². The number of pyridine rings is 1. The summed E-state index contributed by atoms with van der Waals surface area (Å²) >= 11 is 0. The van der Waals surface area contributed by atoms with Gasteiger partial charge in [0, 0.05) is 16.8 Å². The second-order valence-corrected chi connectivity index (χ2v) is 8.59. The Labute approximate surface area is 203 Å². The molecule has 1 atom stereocenters. The molecule has 35 heavy (non-hydrogen) atoms. The van der Waals surface area contributed by atoms with Gasteiger partial charge in [-0.15, -0.1) is 0 Å². The van der Waals surface area contributed by atoms with E-state index in [2.05, 4.69) is 17.4 Å².